The molecule has 39 heavy (non-hydrogen) atoms. The number of likely N-dealkylation sites (N-methyl/N-ethyl adjacent to an activating group) is 1. The fraction of sp³-hybridized carbons (Fsp3) is 0.571. The van der Waals surface area contributed by atoms with Gasteiger partial charge in [0.25, 0.3) is 0 Å². The van der Waals surface area contributed by atoms with Gasteiger partial charge in [-0.15, -0.1) is 0 Å². The molecule has 212 valence electrons. The first-order valence-corrected chi connectivity index (χ1v) is 13.8. The number of rotatable bonds is 7. The lowest BCUT2D eigenvalue weighted by Crippen LogP contribution is -2.39. The molecule has 0 saturated heterocycles. The minimum Gasteiger partial charge on any atom is -0.478 e. The van der Waals surface area contributed by atoms with Crippen LogP contribution in [0.5, 0.6) is 11.5 Å². The number of nitrogens with zero attached hydrogens (tertiary/aromatic N) is 5. The van der Waals surface area contributed by atoms with Gasteiger partial charge in [0.15, 0.2) is 11.5 Å². The number of hydrogen-bond donors (Lipinski definition) is 2. The third-order valence-corrected chi connectivity index (χ3v) is 7.06. The topological polar surface area (TPSA) is 104 Å². The number of aliphatic imine (C=N–C) groups is 2. The summed E-state index contributed by atoms with van der Waals surface area (Å²) in [6.45, 7) is 8.59. The van der Waals surface area contributed by atoms with Crippen LogP contribution in [0.15, 0.2) is 46.0 Å². The van der Waals surface area contributed by atoms with Crippen molar-refractivity contribution in [3.63, 3.8) is 0 Å². The molecule has 4 aliphatic rings. The molecule has 11 nitrogen and oxygen atoms in total. The molecule has 1 aromatic rings. The minimum absolute atomic E-state index is 0.116. The fourth-order valence-corrected chi connectivity index (χ4v) is 4.91. The van der Waals surface area contributed by atoms with E-state index < -0.39 is 0 Å². The zero-order valence-electron chi connectivity index (χ0n) is 23.0. The van der Waals surface area contributed by atoms with Gasteiger partial charge in [0.1, 0.15) is 18.2 Å². The molecule has 4 aliphatic heterocycles. The van der Waals surface area contributed by atoms with Crippen LogP contribution in [-0.4, -0.2) is 105 Å². The molecule has 1 aromatic carbocycles. The number of nitrogens with one attached hydrogen (secondary N) is 1. The second kappa shape index (κ2) is 13.3. The molecule has 0 aliphatic carbocycles. The average Bonchev–Trinajstić information content (AvgIpc) is 3.54. The average molecular weight is 541 g/mol. The molecule has 0 radical (unpaired) electrons. The maximum atomic E-state index is 9.15. The molecule has 0 fully saturated rings. The standard InChI is InChI=1S/C28H40N6O5/c1-21-18-36-13-3-7-29-8-9-30-15-22-5-6-24-27(39-20-38-24)26(22)31-28-23(21)16-33-17-25(34(28)19-33)37-14-4-10-32(2)11-12-35/h5-6,9,16-17,21,29,35H,3-4,7-8,10-15,18-20H2,1-2H3. The van der Waals surface area contributed by atoms with E-state index in [1.165, 1.54) is 0 Å². The lowest BCUT2D eigenvalue weighted by atomic mass is 10.00. The van der Waals surface area contributed by atoms with E-state index in [0.717, 1.165) is 54.5 Å². The highest BCUT2D eigenvalue weighted by Crippen LogP contribution is 2.45. The second-order valence-corrected chi connectivity index (χ2v) is 10.2. The zero-order valence-corrected chi connectivity index (χ0v) is 23.0. The van der Waals surface area contributed by atoms with Crippen LogP contribution in [-0.2, 0) is 16.0 Å². The molecule has 1 unspecified atom stereocenters. The Kier molecular flexibility index (Phi) is 9.36. The predicted molar refractivity (Wildman–Crippen MR) is 149 cm³/mol. The Morgan fingerprint density at radius 1 is 1.23 bits per heavy atom. The van der Waals surface area contributed by atoms with Crippen molar-refractivity contribution >= 4 is 17.7 Å². The van der Waals surface area contributed by atoms with Crippen LogP contribution >= 0.6 is 0 Å². The van der Waals surface area contributed by atoms with Gasteiger partial charge in [-0.2, -0.15) is 0 Å². The monoisotopic (exact) mass is 540 g/mol. The lowest BCUT2D eigenvalue weighted by molar-refractivity contribution is 0.111. The Hall–Kier alpha value is -3.12. The molecule has 0 saturated carbocycles. The predicted octanol–water partition coefficient (Wildman–Crippen LogP) is 2.26. The number of amidine groups is 1. The van der Waals surface area contributed by atoms with Gasteiger partial charge in [0.05, 0.1) is 32.6 Å². The smallest absolute Gasteiger partial charge is 0.231 e. The molecule has 0 amide bonds. The molecule has 4 heterocycles. The van der Waals surface area contributed by atoms with E-state index in [2.05, 4.69) is 38.1 Å². The van der Waals surface area contributed by atoms with Gasteiger partial charge in [-0.3, -0.25) is 9.89 Å². The highest BCUT2D eigenvalue weighted by Gasteiger charge is 2.35. The van der Waals surface area contributed by atoms with Gasteiger partial charge in [-0.25, -0.2) is 4.99 Å². The maximum Gasteiger partial charge on any atom is 0.231 e. The van der Waals surface area contributed by atoms with Gasteiger partial charge in [-0.1, -0.05) is 13.0 Å². The summed E-state index contributed by atoms with van der Waals surface area (Å²) in [6, 6.07) is 3.95. The van der Waals surface area contributed by atoms with E-state index in [9.17, 15) is 0 Å². The first kappa shape index (κ1) is 27.4. The number of aliphatic hydroxyl groups excluding tert-OH is 1. The summed E-state index contributed by atoms with van der Waals surface area (Å²) in [5.41, 5.74) is 2.79. The molecule has 2 bridgehead atoms. The van der Waals surface area contributed by atoms with Gasteiger partial charge in [0.2, 0.25) is 12.7 Å². The number of ether oxygens (including phenoxy) is 4. The molecular formula is C28H40N6O5. The van der Waals surface area contributed by atoms with E-state index >= 15 is 0 Å². The number of fused-ring (bicyclic) bond motifs is 7. The number of hydrogen-bond acceptors (Lipinski definition) is 11. The van der Waals surface area contributed by atoms with Crippen molar-refractivity contribution in [1.29, 1.82) is 0 Å². The van der Waals surface area contributed by atoms with Crippen molar-refractivity contribution in [1.82, 2.24) is 20.0 Å². The summed E-state index contributed by atoms with van der Waals surface area (Å²) in [5.74, 6) is 3.05. The van der Waals surface area contributed by atoms with Crippen LogP contribution < -0.4 is 14.8 Å². The van der Waals surface area contributed by atoms with Crippen molar-refractivity contribution in [2.45, 2.75) is 26.3 Å². The van der Waals surface area contributed by atoms with Gasteiger partial charge < -0.3 is 39.2 Å². The normalized spacial score (nSPS) is 21.3. The minimum atomic E-state index is 0.116. The van der Waals surface area contributed by atoms with E-state index in [4.69, 9.17) is 29.0 Å². The van der Waals surface area contributed by atoms with Crippen molar-refractivity contribution in [3.05, 3.63) is 41.6 Å². The van der Waals surface area contributed by atoms with E-state index in [0.29, 0.717) is 57.6 Å². The Bertz CT molecular complexity index is 1120. The van der Waals surface area contributed by atoms with E-state index in [1.807, 2.05) is 31.6 Å². The first-order chi connectivity index (χ1) is 19.1. The molecule has 0 aromatic heterocycles. The summed E-state index contributed by atoms with van der Waals surface area (Å²) < 4.78 is 23.9. The number of benzene rings is 1. The maximum absolute atomic E-state index is 9.15. The number of aliphatic hydroxyl groups is 1. The van der Waals surface area contributed by atoms with Crippen molar-refractivity contribution in [3.8, 4) is 11.5 Å². The molecule has 2 N–H and O–H groups in total. The SMILES string of the molecule is CC1COCCCNCC=NCc2ccc3c(c2N=C2C1=CN1C=C(OCCCN(C)CCO)N2C1)OCO3. The Morgan fingerprint density at radius 3 is 3.05 bits per heavy atom. The van der Waals surface area contributed by atoms with Crippen molar-refractivity contribution in [2.75, 3.05) is 73.1 Å². The van der Waals surface area contributed by atoms with Crippen LogP contribution in [0.3, 0.4) is 0 Å². The van der Waals surface area contributed by atoms with Gasteiger partial charge >= 0.3 is 0 Å². The lowest BCUT2D eigenvalue weighted by Gasteiger charge is -2.32. The van der Waals surface area contributed by atoms with Crippen molar-refractivity contribution in [2.24, 2.45) is 15.9 Å². The molecule has 11 heteroatoms. The van der Waals surface area contributed by atoms with Crippen LogP contribution in [0.25, 0.3) is 0 Å². The Morgan fingerprint density at radius 2 is 2.15 bits per heavy atom. The van der Waals surface area contributed by atoms with Crippen LogP contribution in [0.2, 0.25) is 0 Å². The quantitative estimate of drug-likeness (QED) is 0.504. The second-order valence-electron chi connectivity index (χ2n) is 10.2. The van der Waals surface area contributed by atoms with E-state index in [1.54, 1.807) is 0 Å². The molecule has 0 spiro atoms. The highest BCUT2D eigenvalue weighted by molar-refractivity contribution is 6.02. The molecular weight excluding hydrogens is 500 g/mol. The Balaban J connectivity index is 1.45. The van der Waals surface area contributed by atoms with Crippen LogP contribution in [0, 0.1) is 5.92 Å². The molecule has 5 rings (SSSR count). The highest BCUT2D eigenvalue weighted by atomic mass is 16.7. The van der Waals surface area contributed by atoms with Gasteiger partial charge in [0, 0.05) is 55.7 Å². The summed E-state index contributed by atoms with van der Waals surface area (Å²) in [5, 5.41) is 12.5. The van der Waals surface area contributed by atoms with E-state index in [-0.39, 0.29) is 19.3 Å². The summed E-state index contributed by atoms with van der Waals surface area (Å²) in [6.07, 6.45) is 7.89. The summed E-state index contributed by atoms with van der Waals surface area (Å²) >= 11 is 0. The third-order valence-electron chi connectivity index (χ3n) is 7.06. The summed E-state index contributed by atoms with van der Waals surface area (Å²) in [4.78, 5) is 16.3. The van der Waals surface area contributed by atoms with Crippen LogP contribution in [0.1, 0.15) is 25.3 Å². The Labute approximate surface area is 230 Å². The zero-order chi connectivity index (χ0) is 27.0. The van der Waals surface area contributed by atoms with Crippen LogP contribution in [0.4, 0.5) is 5.69 Å². The molecule has 1 atom stereocenters. The van der Waals surface area contributed by atoms with Crippen molar-refractivity contribution < 1.29 is 24.1 Å². The summed E-state index contributed by atoms with van der Waals surface area (Å²) in [7, 11) is 2.00. The first-order valence-electron chi connectivity index (χ1n) is 13.8. The fourth-order valence-electron chi connectivity index (χ4n) is 4.91. The largest absolute Gasteiger partial charge is 0.478 e. The van der Waals surface area contributed by atoms with Gasteiger partial charge in [-0.05, 0) is 32.5 Å². The third kappa shape index (κ3) is 6.73.